The highest BCUT2D eigenvalue weighted by Gasteiger charge is 1.99. The number of hydrogen-bond acceptors (Lipinski definition) is 3. The molecule has 1 aromatic carbocycles. The fraction of sp³-hybridized carbons (Fsp3) is 0. The van der Waals surface area contributed by atoms with E-state index in [-0.39, 0.29) is 5.63 Å². The molecule has 1 heterocycles. The van der Waals surface area contributed by atoms with Crippen LogP contribution in [0.5, 0.6) is 0 Å². The predicted octanol–water partition coefficient (Wildman–Crippen LogP) is 1.95. The third-order valence-electron chi connectivity index (χ3n) is 1.53. The number of aromatic nitrogens is 1. The van der Waals surface area contributed by atoms with Crippen molar-refractivity contribution in [1.82, 2.24) is 4.98 Å². The molecule has 0 unspecified atom stereocenters. The Balaban J connectivity index is 2.96. The average molecular weight is 226 g/mol. The summed E-state index contributed by atoms with van der Waals surface area (Å²) in [6.45, 7) is 0. The molecule has 4 heteroatoms. The monoisotopic (exact) mass is 225 g/mol. The van der Waals surface area contributed by atoms with Crippen LogP contribution in [0.4, 0.5) is 0 Å². The number of rotatable bonds is 0. The lowest BCUT2D eigenvalue weighted by Gasteiger charge is -1.93. The SMILES string of the molecule is O=c1ocnc2cc(Br)ccc12. The molecule has 0 fully saturated rings. The molecule has 0 spiro atoms. The van der Waals surface area contributed by atoms with E-state index < -0.39 is 0 Å². The summed E-state index contributed by atoms with van der Waals surface area (Å²) in [5, 5.41) is 0.501. The maximum absolute atomic E-state index is 11.1. The first-order chi connectivity index (χ1) is 5.77. The van der Waals surface area contributed by atoms with Gasteiger partial charge in [-0.25, -0.2) is 9.78 Å². The van der Waals surface area contributed by atoms with Gasteiger partial charge in [-0.05, 0) is 18.2 Å². The Kier molecular flexibility index (Phi) is 1.69. The van der Waals surface area contributed by atoms with E-state index in [0.29, 0.717) is 10.9 Å². The molecule has 0 N–H and O–H groups in total. The standard InChI is InChI=1S/C8H4BrNO2/c9-5-1-2-6-7(3-5)10-4-12-8(6)11/h1-4H. The van der Waals surface area contributed by atoms with Crippen LogP contribution in [0, 0.1) is 0 Å². The molecule has 0 aliphatic heterocycles. The highest BCUT2D eigenvalue weighted by atomic mass is 79.9. The Morgan fingerprint density at radius 2 is 2.25 bits per heavy atom. The van der Waals surface area contributed by atoms with Crippen LogP contribution in [-0.4, -0.2) is 4.98 Å². The Hall–Kier alpha value is -1.16. The third-order valence-corrected chi connectivity index (χ3v) is 2.02. The Morgan fingerprint density at radius 1 is 1.42 bits per heavy atom. The van der Waals surface area contributed by atoms with Gasteiger partial charge in [-0.3, -0.25) is 0 Å². The van der Waals surface area contributed by atoms with E-state index in [1.165, 1.54) is 0 Å². The van der Waals surface area contributed by atoms with Crippen LogP contribution in [0.3, 0.4) is 0 Å². The van der Waals surface area contributed by atoms with Crippen LogP contribution in [0.15, 0.2) is 38.3 Å². The first kappa shape index (κ1) is 7.49. The summed E-state index contributed by atoms with van der Waals surface area (Å²) >= 11 is 3.28. The van der Waals surface area contributed by atoms with Gasteiger partial charge in [-0.2, -0.15) is 0 Å². The molecular formula is C8H4BrNO2. The minimum Gasteiger partial charge on any atom is -0.411 e. The smallest absolute Gasteiger partial charge is 0.346 e. The number of halogens is 1. The van der Waals surface area contributed by atoms with Gasteiger partial charge in [0.2, 0.25) is 0 Å². The summed E-state index contributed by atoms with van der Waals surface area (Å²) in [6, 6.07) is 5.23. The van der Waals surface area contributed by atoms with Crippen molar-refractivity contribution in [1.29, 1.82) is 0 Å². The van der Waals surface area contributed by atoms with Crippen molar-refractivity contribution in [2.24, 2.45) is 0 Å². The molecule has 0 aliphatic rings. The lowest BCUT2D eigenvalue weighted by molar-refractivity contribution is 0.501. The molecule has 0 aliphatic carbocycles. The van der Waals surface area contributed by atoms with Gasteiger partial charge in [0.1, 0.15) is 0 Å². The van der Waals surface area contributed by atoms with E-state index in [9.17, 15) is 4.79 Å². The van der Waals surface area contributed by atoms with E-state index in [2.05, 4.69) is 25.3 Å². The van der Waals surface area contributed by atoms with Crippen molar-refractivity contribution in [2.75, 3.05) is 0 Å². The molecule has 0 bridgehead atoms. The minimum atomic E-state index is -0.354. The number of hydrogen-bond donors (Lipinski definition) is 0. The van der Waals surface area contributed by atoms with E-state index in [4.69, 9.17) is 0 Å². The van der Waals surface area contributed by atoms with Gasteiger partial charge in [0.25, 0.3) is 0 Å². The van der Waals surface area contributed by atoms with Gasteiger partial charge in [-0.1, -0.05) is 15.9 Å². The highest BCUT2D eigenvalue weighted by Crippen LogP contribution is 2.14. The average Bonchev–Trinajstić information content (AvgIpc) is 2.04. The highest BCUT2D eigenvalue weighted by molar-refractivity contribution is 9.10. The fourth-order valence-corrected chi connectivity index (χ4v) is 1.33. The molecule has 2 aromatic rings. The summed E-state index contributed by atoms with van der Waals surface area (Å²) in [6.07, 6.45) is 1.15. The molecule has 3 nitrogen and oxygen atoms in total. The predicted molar refractivity (Wildman–Crippen MR) is 48.0 cm³/mol. The number of fused-ring (bicyclic) bond motifs is 1. The largest absolute Gasteiger partial charge is 0.411 e. The van der Waals surface area contributed by atoms with Gasteiger partial charge in [0.05, 0.1) is 10.9 Å². The van der Waals surface area contributed by atoms with Crippen molar-refractivity contribution in [3.05, 3.63) is 39.5 Å². The second kappa shape index (κ2) is 2.71. The molecule has 2 rings (SSSR count). The minimum absolute atomic E-state index is 0.354. The fourth-order valence-electron chi connectivity index (χ4n) is 0.979. The van der Waals surface area contributed by atoms with E-state index in [0.717, 1.165) is 10.9 Å². The van der Waals surface area contributed by atoms with Crippen molar-refractivity contribution in [3.8, 4) is 0 Å². The maximum atomic E-state index is 11.1. The Labute approximate surface area is 76.2 Å². The molecule has 0 radical (unpaired) electrons. The van der Waals surface area contributed by atoms with E-state index in [1.807, 2.05) is 0 Å². The van der Waals surface area contributed by atoms with Crippen LogP contribution < -0.4 is 5.63 Å². The molecule has 12 heavy (non-hydrogen) atoms. The Bertz CT molecular complexity index is 478. The third kappa shape index (κ3) is 1.14. The molecule has 0 saturated heterocycles. The van der Waals surface area contributed by atoms with Gasteiger partial charge in [-0.15, -0.1) is 0 Å². The number of benzene rings is 1. The first-order valence-electron chi connectivity index (χ1n) is 3.30. The van der Waals surface area contributed by atoms with Gasteiger partial charge >= 0.3 is 5.63 Å². The topological polar surface area (TPSA) is 43.1 Å². The summed E-state index contributed by atoms with van der Waals surface area (Å²) in [7, 11) is 0. The van der Waals surface area contributed by atoms with Crippen molar-refractivity contribution in [3.63, 3.8) is 0 Å². The zero-order chi connectivity index (χ0) is 8.55. The molecule has 0 amide bonds. The lowest BCUT2D eigenvalue weighted by atomic mass is 10.2. The molecule has 0 saturated carbocycles. The van der Waals surface area contributed by atoms with Crippen LogP contribution in [-0.2, 0) is 0 Å². The van der Waals surface area contributed by atoms with Gasteiger partial charge < -0.3 is 4.42 Å². The van der Waals surface area contributed by atoms with Gasteiger partial charge in [0.15, 0.2) is 6.39 Å². The Morgan fingerprint density at radius 3 is 3.08 bits per heavy atom. The molecule has 1 aromatic heterocycles. The van der Waals surface area contributed by atoms with Crippen molar-refractivity contribution >= 4 is 26.8 Å². The summed E-state index contributed by atoms with van der Waals surface area (Å²) < 4.78 is 5.49. The van der Waals surface area contributed by atoms with Crippen LogP contribution >= 0.6 is 15.9 Å². The summed E-state index contributed by atoms with van der Waals surface area (Å²) in [4.78, 5) is 15.0. The lowest BCUT2D eigenvalue weighted by Crippen LogP contribution is -1.99. The maximum Gasteiger partial charge on any atom is 0.346 e. The van der Waals surface area contributed by atoms with E-state index >= 15 is 0 Å². The van der Waals surface area contributed by atoms with Crippen molar-refractivity contribution in [2.45, 2.75) is 0 Å². The quantitative estimate of drug-likeness (QED) is 0.689. The molecule has 0 atom stereocenters. The molecule has 60 valence electrons. The second-order valence-electron chi connectivity index (χ2n) is 2.30. The van der Waals surface area contributed by atoms with Crippen LogP contribution in [0.2, 0.25) is 0 Å². The zero-order valence-corrected chi connectivity index (χ0v) is 7.54. The van der Waals surface area contributed by atoms with Crippen molar-refractivity contribution < 1.29 is 4.42 Å². The van der Waals surface area contributed by atoms with Crippen LogP contribution in [0.25, 0.3) is 10.9 Å². The summed E-state index contributed by atoms with van der Waals surface area (Å²) in [5.74, 6) is 0. The van der Waals surface area contributed by atoms with Crippen LogP contribution in [0.1, 0.15) is 0 Å². The number of nitrogens with zero attached hydrogens (tertiary/aromatic N) is 1. The van der Waals surface area contributed by atoms with E-state index in [1.54, 1.807) is 18.2 Å². The van der Waals surface area contributed by atoms with Gasteiger partial charge in [0, 0.05) is 4.47 Å². The first-order valence-corrected chi connectivity index (χ1v) is 4.10. The summed E-state index contributed by atoms with van der Waals surface area (Å²) in [5.41, 5.74) is 0.285. The normalized spacial score (nSPS) is 10.4. The second-order valence-corrected chi connectivity index (χ2v) is 3.22. The zero-order valence-electron chi connectivity index (χ0n) is 5.95. The molecular weight excluding hydrogens is 222 g/mol.